The van der Waals surface area contributed by atoms with E-state index in [0.717, 1.165) is 32.0 Å². The predicted octanol–water partition coefficient (Wildman–Crippen LogP) is 2.84. The van der Waals surface area contributed by atoms with Gasteiger partial charge in [0.1, 0.15) is 0 Å². The summed E-state index contributed by atoms with van der Waals surface area (Å²) in [5.74, 6) is 0.734. The predicted molar refractivity (Wildman–Crippen MR) is 80.1 cm³/mol. The molecule has 1 aromatic rings. The molecule has 0 spiro atoms. The van der Waals surface area contributed by atoms with Gasteiger partial charge in [-0.3, -0.25) is 4.90 Å². The molecule has 1 saturated heterocycles. The fourth-order valence-electron chi connectivity index (χ4n) is 2.52. The van der Waals surface area contributed by atoms with Crippen molar-refractivity contribution in [2.45, 2.75) is 39.3 Å². The second-order valence-electron chi connectivity index (χ2n) is 5.70. The number of hydrogen-bond donors (Lipinski definition) is 1. The number of rotatable bonds is 4. The van der Waals surface area contributed by atoms with Crippen molar-refractivity contribution in [2.75, 3.05) is 13.1 Å². The molecular formula is C15H25ClN2. The minimum Gasteiger partial charge on any atom is -0.326 e. The van der Waals surface area contributed by atoms with Crippen molar-refractivity contribution in [2.24, 2.45) is 11.7 Å². The lowest BCUT2D eigenvalue weighted by atomic mass is 10.0. The van der Waals surface area contributed by atoms with Crippen LogP contribution < -0.4 is 5.73 Å². The highest BCUT2D eigenvalue weighted by molar-refractivity contribution is 5.85. The van der Waals surface area contributed by atoms with Crippen molar-refractivity contribution in [3.8, 4) is 0 Å². The first-order valence-electron chi connectivity index (χ1n) is 6.69. The molecule has 0 saturated carbocycles. The number of likely N-dealkylation sites (tertiary alicyclic amines) is 1. The first-order chi connectivity index (χ1) is 8.13. The van der Waals surface area contributed by atoms with Crippen LogP contribution in [0.15, 0.2) is 24.3 Å². The molecule has 18 heavy (non-hydrogen) atoms. The molecule has 3 heteroatoms. The molecule has 1 fully saturated rings. The Morgan fingerprint density at radius 2 is 1.83 bits per heavy atom. The van der Waals surface area contributed by atoms with Crippen molar-refractivity contribution in [1.29, 1.82) is 0 Å². The fraction of sp³-hybridized carbons (Fsp3) is 0.600. The van der Waals surface area contributed by atoms with Crippen molar-refractivity contribution in [3.05, 3.63) is 35.4 Å². The van der Waals surface area contributed by atoms with Gasteiger partial charge in [0.05, 0.1) is 0 Å². The van der Waals surface area contributed by atoms with Crippen LogP contribution in [0.3, 0.4) is 0 Å². The highest BCUT2D eigenvalue weighted by Crippen LogP contribution is 2.14. The molecular weight excluding hydrogens is 244 g/mol. The highest BCUT2D eigenvalue weighted by atomic mass is 35.5. The number of benzene rings is 1. The standard InChI is InChI=1S/C15H24N2.ClH/c1-12(2)9-13-3-5-14(6-4-13)10-17-8-7-15(16)11-17;/h3-6,12,15H,7-11,16H2,1-2H3;1H/t15-;/m1./s1. The summed E-state index contributed by atoms with van der Waals surface area (Å²) in [4.78, 5) is 2.45. The average Bonchev–Trinajstić information content (AvgIpc) is 2.66. The van der Waals surface area contributed by atoms with Crippen molar-refractivity contribution in [1.82, 2.24) is 4.90 Å². The third-order valence-corrected chi connectivity index (χ3v) is 3.38. The minimum absolute atomic E-state index is 0. The van der Waals surface area contributed by atoms with Crippen LogP contribution in [-0.4, -0.2) is 24.0 Å². The Balaban J connectivity index is 0.00000162. The minimum atomic E-state index is 0. The van der Waals surface area contributed by atoms with Gasteiger partial charge in [0.15, 0.2) is 0 Å². The molecule has 0 bridgehead atoms. The summed E-state index contributed by atoms with van der Waals surface area (Å²) in [6, 6.07) is 9.45. The molecule has 1 aliphatic rings. The lowest BCUT2D eigenvalue weighted by Crippen LogP contribution is -2.26. The zero-order valence-electron chi connectivity index (χ0n) is 11.4. The largest absolute Gasteiger partial charge is 0.326 e. The van der Waals surface area contributed by atoms with Crippen molar-refractivity contribution in [3.63, 3.8) is 0 Å². The molecule has 1 heterocycles. The SMILES string of the molecule is CC(C)Cc1ccc(CN2CC[C@@H](N)C2)cc1.Cl. The maximum absolute atomic E-state index is 5.92. The molecule has 1 atom stereocenters. The van der Waals surface area contributed by atoms with Gasteiger partial charge in [-0.25, -0.2) is 0 Å². The summed E-state index contributed by atoms with van der Waals surface area (Å²) in [7, 11) is 0. The van der Waals surface area contributed by atoms with E-state index in [1.54, 1.807) is 0 Å². The van der Waals surface area contributed by atoms with Gasteiger partial charge < -0.3 is 5.73 Å². The van der Waals surface area contributed by atoms with Gasteiger partial charge in [-0.2, -0.15) is 0 Å². The molecule has 1 aliphatic heterocycles. The van der Waals surface area contributed by atoms with Gasteiger partial charge in [-0.05, 0) is 29.9 Å². The second-order valence-corrected chi connectivity index (χ2v) is 5.70. The summed E-state index contributed by atoms with van der Waals surface area (Å²) in [5.41, 5.74) is 8.77. The zero-order chi connectivity index (χ0) is 12.3. The molecule has 2 N–H and O–H groups in total. The maximum atomic E-state index is 5.92. The summed E-state index contributed by atoms with van der Waals surface area (Å²) in [6.07, 6.45) is 2.32. The Bertz CT molecular complexity index is 348. The van der Waals surface area contributed by atoms with E-state index in [1.165, 1.54) is 17.5 Å². The average molecular weight is 269 g/mol. The lowest BCUT2D eigenvalue weighted by Gasteiger charge is -2.15. The Morgan fingerprint density at radius 3 is 2.33 bits per heavy atom. The third-order valence-electron chi connectivity index (χ3n) is 3.38. The van der Waals surface area contributed by atoms with Crippen LogP contribution in [0.25, 0.3) is 0 Å². The van der Waals surface area contributed by atoms with Crippen LogP contribution in [0.5, 0.6) is 0 Å². The highest BCUT2D eigenvalue weighted by Gasteiger charge is 2.18. The van der Waals surface area contributed by atoms with E-state index < -0.39 is 0 Å². The van der Waals surface area contributed by atoms with E-state index in [-0.39, 0.29) is 12.4 Å². The monoisotopic (exact) mass is 268 g/mol. The van der Waals surface area contributed by atoms with E-state index in [1.807, 2.05) is 0 Å². The van der Waals surface area contributed by atoms with Gasteiger partial charge in [0.2, 0.25) is 0 Å². The number of nitrogens with zero attached hydrogens (tertiary/aromatic N) is 1. The Morgan fingerprint density at radius 1 is 1.22 bits per heavy atom. The van der Waals surface area contributed by atoms with E-state index in [2.05, 4.69) is 43.0 Å². The second kappa shape index (κ2) is 7.13. The third kappa shape index (κ3) is 4.60. The van der Waals surface area contributed by atoms with Crippen molar-refractivity contribution >= 4 is 12.4 Å². The van der Waals surface area contributed by atoms with Gasteiger partial charge in [0, 0.05) is 25.7 Å². The van der Waals surface area contributed by atoms with Gasteiger partial charge in [0.25, 0.3) is 0 Å². The quantitative estimate of drug-likeness (QED) is 0.910. The molecule has 1 aromatic carbocycles. The molecule has 0 aromatic heterocycles. The normalized spacial score (nSPS) is 20.1. The van der Waals surface area contributed by atoms with Crippen molar-refractivity contribution < 1.29 is 0 Å². The smallest absolute Gasteiger partial charge is 0.0234 e. The van der Waals surface area contributed by atoms with Crippen LogP contribution in [0.4, 0.5) is 0 Å². The molecule has 0 unspecified atom stereocenters. The molecule has 0 radical (unpaired) electrons. The van der Waals surface area contributed by atoms with Crippen LogP contribution in [0.1, 0.15) is 31.4 Å². The Labute approximate surface area is 117 Å². The van der Waals surface area contributed by atoms with Crippen LogP contribution in [0, 0.1) is 5.92 Å². The topological polar surface area (TPSA) is 29.3 Å². The maximum Gasteiger partial charge on any atom is 0.0234 e. The molecule has 0 aliphatic carbocycles. The molecule has 2 rings (SSSR count). The van der Waals surface area contributed by atoms with Gasteiger partial charge in [-0.15, -0.1) is 12.4 Å². The lowest BCUT2D eigenvalue weighted by molar-refractivity contribution is 0.327. The number of halogens is 1. The van der Waals surface area contributed by atoms with Crippen LogP contribution >= 0.6 is 12.4 Å². The van der Waals surface area contributed by atoms with E-state index in [4.69, 9.17) is 5.73 Å². The summed E-state index contributed by atoms with van der Waals surface area (Å²) in [6.45, 7) is 7.78. The summed E-state index contributed by atoms with van der Waals surface area (Å²) < 4.78 is 0. The Kier molecular flexibility index (Phi) is 6.13. The molecule has 2 nitrogen and oxygen atoms in total. The number of nitrogens with two attached hydrogens (primary N) is 1. The first-order valence-corrected chi connectivity index (χ1v) is 6.69. The van der Waals surface area contributed by atoms with Crippen LogP contribution in [0.2, 0.25) is 0 Å². The summed E-state index contributed by atoms with van der Waals surface area (Å²) in [5, 5.41) is 0. The fourth-order valence-corrected chi connectivity index (χ4v) is 2.52. The molecule has 102 valence electrons. The van der Waals surface area contributed by atoms with E-state index >= 15 is 0 Å². The summed E-state index contributed by atoms with van der Waals surface area (Å²) >= 11 is 0. The zero-order valence-corrected chi connectivity index (χ0v) is 12.2. The van der Waals surface area contributed by atoms with Crippen LogP contribution in [-0.2, 0) is 13.0 Å². The Hall–Kier alpha value is -0.570. The van der Waals surface area contributed by atoms with Gasteiger partial charge in [-0.1, -0.05) is 38.1 Å². The molecule has 0 amide bonds. The van der Waals surface area contributed by atoms with E-state index in [0.29, 0.717) is 6.04 Å². The van der Waals surface area contributed by atoms with E-state index in [9.17, 15) is 0 Å². The number of hydrogen-bond acceptors (Lipinski definition) is 2. The first kappa shape index (κ1) is 15.5. The van der Waals surface area contributed by atoms with Gasteiger partial charge >= 0.3 is 0 Å².